The molecule has 0 unspecified atom stereocenters. The first kappa shape index (κ1) is 16.8. The van der Waals surface area contributed by atoms with Crippen LogP contribution in [-0.4, -0.2) is 11.1 Å². The molecule has 0 fully saturated rings. The van der Waals surface area contributed by atoms with Crippen LogP contribution < -0.4 is 4.74 Å². The molecule has 0 aliphatic carbocycles. The summed E-state index contributed by atoms with van der Waals surface area (Å²) in [6, 6.07) is 25.2. The molecular formula is C22H20O3. The number of hydrogen-bond acceptors (Lipinski definition) is 3. The van der Waals surface area contributed by atoms with Crippen molar-refractivity contribution < 1.29 is 14.6 Å². The number of carbonyl (C=O) groups is 1. The predicted octanol–water partition coefficient (Wildman–Crippen LogP) is 4.69. The van der Waals surface area contributed by atoms with Crippen LogP contribution in [0, 0.1) is 0 Å². The van der Waals surface area contributed by atoms with Crippen molar-refractivity contribution in [2.24, 2.45) is 0 Å². The van der Waals surface area contributed by atoms with Crippen molar-refractivity contribution in [2.45, 2.75) is 19.3 Å². The first-order chi connectivity index (χ1) is 12.1. The summed E-state index contributed by atoms with van der Waals surface area (Å²) in [5, 5.41) is 9.57. The minimum absolute atomic E-state index is 0.148. The van der Waals surface area contributed by atoms with E-state index in [1.54, 1.807) is 12.1 Å². The van der Waals surface area contributed by atoms with Gasteiger partial charge in [0.15, 0.2) is 0 Å². The van der Waals surface area contributed by atoms with Crippen molar-refractivity contribution in [1.82, 2.24) is 0 Å². The van der Waals surface area contributed by atoms with Gasteiger partial charge in [-0.2, -0.15) is 0 Å². The van der Waals surface area contributed by atoms with Crippen LogP contribution in [0.2, 0.25) is 0 Å². The van der Waals surface area contributed by atoms with Crippen LogP contribution in [0.25, 0.3) is 0 Å². The highest BCUT2D eigenvalue weighted by molar-refractivity contribution is 5.69. The lowest BCUT2D eigenvalue weighted by atomic mass is 9.86. The summed E-state index contributed by atoms with van der Waals surface area (Å²) in [7, 11) is 0. The number of esters is 1. The van der Waals surface area contributed by atoms with E-state index in [1.807, 2.05) is 54.6 Å². The van der Waals surface area contributed by atoms with E-state index >= 15 is 0 Å². The Kier molecular flexibility index (Phi) is 5.14. The van der Waals surface area contributed by atoms with Gasteiger partial charge in [0.2, 0.25) is 0 Å². The van der Waals surface area contributed by atoms with Crippen molar-refractivity contribution in [1.29, 1.82) is 0 Å². The molecule has 0 aromatic heterocycles. The summed E-state index contributed by atoms with van der Waals surface area (Å²) in [4.78, 5) is 11.1. The van der Waals surface area contributed by atoms with Gasteiger partial charge in [0.1, 0.15) is 11.5 Å². The van der Waals surface area contributed by atoms with Gasteiger partial charge in [-0.3, -0.25) is 4.79 Å². The second-order valence-corrected chi connectivity index (χ2v) is 6.00. The Morgan fingerprint density at radius 2 is 1.44 bits per heavy atom. The summed E-state index contributed by atoms with van der Waals surface area (Å²) >= 11 is 0. The largest absolute Gasteiger partial charge is 0.508 e. The van der Waals surface area contributed by atoms with Crippen molar-refractivity contribution in [3.8, 4) is 11.5 Å². The molecule has 3 aromatic carbocycles. The zero-order valence-electron chi connectivity index (χ0n) is 14.1. The first-order valence-electron chi connectivity index (χ1n) is 8.23. The minimum Gasteiger partial charge on any atom is -0.508 e. The van der Waals surface area contributed by atoms with E-state index in [-0.39, 0.29) is 17.6 Å². The van der Waals surface area contributed by atoms with Gasteiger partial charge in [0.05, 0.1) is 0 Å². The Labute approximate surface area is 147 Å². The number of carbonyl (C=O) groups excluding carboxylic acids is 1. The maximum atomic E-state index is 11.1. The molecule has 3 rings (SSSR count). The molecule has 1 N–H and O–H groups in total. The molecule has 0 saturated heterocycles. The topological polar surface area (TPSA) is 46.5 Å². The summed E-state index contributed by atoms with van der Waals surface area (Å²) < 4.78 is 5.12. The summed E-state index contributed by atoms with van der Waals surface area (Å²) in [6.07, 6.45) is 0.846. The Morgan fingerprint density at radius 3 is 2.00 bits per heavy atom. The third-order valence-electron chi connectivity index (χ3n) is 4.12. The van der Waals surface area contributed by atoms with E-state index < -0.39 is 0 Å². The first-order valence-corrected chi connectivity index (χ1v) is 8.23. The Bertz CT molecular complexity index is 821. The number of rotatable bonds is 5. The van der Waals surface area contributed by atoms with Gasteiger partial charge in [-0.05, 0) is 47.4 Å². The normalized spacial score (nSPS) is 11.7. The van der Waals surface area contributed by atoms with Gasteiger partial charge in [0, 0.05) is 12.8 Å². The van der Waals surface area contributed by atoms with Gasteiger partial charge in [-0.1, -0.05) is 54.6 Å². The van der Waals surface area contributed by atoms with Crippen molar-refractivity contribution in [3.63, 3.8) is 0 Å². The predicted molar refractivity (Wildman–Crippen MR) is 97.8 cm³/mol. The average molecular weight is 332 g/mol. The maximum Gasteiger partial charge on any atom is 0.308 e. The smallest absolute Gasteiger partial charge is 0.308 e. The quantitative estimate of drug-likeness (QED) is 0.544. The van der Waals surface area contributed by atoms with Crippen molar-refractivity contribution in [2.75, 3.05) is 0 Å². The lowest BCUT2D eigenvalue weighted by Gasteiger charge is -2.19. The number of phenolic OH excluding ortho intramolecular Hbond substituents is 1. The maximum absolute atomic E-state index is 11.1. The monoisotopic (exact) mass is 332 g/mol. The summed E-state index contributed by atoms with van der Waals surface area (Å²) in [5.41, 5.74) is 3.50. The molecule has 3 nitrogen and oxygen atoms in total. The van der Waals surface area contributed by atoms with Gasteiger partial charge < -0.3 is 9.84 Å². The molecule has 0 saturated carbocycles. The SMILES string of the molecule is CC(=O)Oc1ccc([C@H](Cc2ccccc2)c2ccc(O)cc2)cc1. The molecule has 3 aromatic rings. The van der Waals surface area contributed by atoms with Crippen molar-refractivity contribution in [3.05, 3.63) is 95.6 Å². The Hall–Kier alpha value is -3.07. The third-order valence-corrected chi connectivity index (χ3v) is 4.12. The number of aromatic hydroxyl groups is 1. The Balaban J connectivity index is 1.92. The molecule has 0 heterocycles. The van der Waals surface area contributed by atoms with Crippen LogP contribution in [0.4, 0.5) is 0 Å². The molecule has 0 bridgehead atoms. The number of phenols is 1. The van der Waals surface area contributed by atoms with Gasteiger partial charge in [-0.25, -0.2) is 0 Å². The molecule has 3 heteroatoms. The second-order valence-electron chi connectivity index (χ2n) is 6.00. The van der Waals surface area contributed by atoms with Crippen LogP contribution in [-0.2, 0) is 11.2 Å². The zero-order valence-corrected chi connectivity index (χ0v) is 14.1. The van der Waals surface area contributed by atoms with E-state index in [1.165, 1.54) is 12.5 Å². The van der Waals surface area contributed by atoms with Gasteiger partial charge in [0.25, 0.3) is 0 Å². The lowest BCUT2D eigenvalue weighted by Crippen LogP contribution is -2.06. The van der Waals surface area contributed by atoms with E-state index in [4.69, 9.17) is 4.74 Å². The fraction of sp³-hybridized carbons (Fsp3) is 0.136. The second kappa shape index (κ2) is 7.67. The molecule has 126 valence electrons. The van der Waals surface area contributed by atoms with Crippen LogP contribution in [0.5, 0.6) is 11.5 Å². The van der Waals surface area contributed by atoms with E-state index in [2.05, 4.69) is 12.1 Å². The number of benzene rings is 3. The molecule has 1 atom stereocenters. The highest BCUT2D eigenvalue weighted by Crippen LogP contribution is 2.30. The van der Waals surface area contributed by atoms with Crippen LogP contribution in [0.1, 0.15) is 29.5 Å². The average Bonchev–Trinajstić information content (AvgIpc) is 2.62. The van der Waals surface area contributed by atoms with Gasteiger partial charge in [-0.15, -0.1) is 0 Å². The third kappa shape index (κ3) is 4.48. The highest BCUT2D eigenvalue weighted by atomic mass is 16.5. The molecule has 0 aliphatic heterocycles. The van der Waals surface area contributed by atoms with Crippen LogP contribution in [0.15, 0.2) is 78.9 Å². The molecule has 0 aliphatic rings. The molecule has 0 spiro atoms. The lowest BCUT2D eigenvalue weighted by molar-refractivity contribution is -0.131. The van der Waals surface area contributed by atoms with E-state index in [0.717, 1.165) is 17.5 Å². The fourth-order valence-corrected chi connectivity index (χ4v) is 2.92. The van der Waals surface area contributed by atoms with E-state index in [0.29, 0.717) is 5.75 Å². The van der Waals surface area contributed by atoms with Gasteiger partial charge >= 0.3 is 5.97 Å². The molecular weight excluding hydrogens is 312 g/mol. The van der Waals surface area contributed by atoms with Crippen LogP contribution >= 0.6 is 0 Å². The minimum atomic E-state index is -0.327. The zero-order chi connectivity index (χ0) is 17.6. The van der Waals surface area contributed by atoms with Crippen molar-refractivity contribution >= 4 is 5.97 Å². The summed E-state index contributed by atoms with van der Waals surface area (Å²) in [6.45, 7) is 1.39. The summed E-state index contributed by atoms with van der Waals surface area (Å²) in [5.74, 6) is 0.620. The molecule has 0 amide bonds. The molecule has 25 heavy (non-hydrogen) atoms. The highest BCUT2D eigenvalue weighted by Gasteiger charge is 2.15. The standard InChI is InChI=1S/C22H20O3/c1-16(23)25-21-13-9-19(10-14-21)22(15-17-5-3-2-4-6-17)18-7-11-20(24)12-8-18/h2-14,22,24H,15H2,1H3/t22-/m1/s1. The molecule has 0 radical (unpaired) electrons. The number of hydrogen-bond donors (Lipinski definition) is 1. The van der Waals surface area contributed by atoms with E-state index in [9.17, 15) is 9.90 Å². The fourth-order valence-electron chi connectivity index (χ4n) is 2.92. The van der Waals surface area contributed by atoms with Crippen LogP contribution in [0.3, 0.4) is 0 Å². The number of ether oxygens (including phenoxy) is 1. The Morgan fingerprint density at radius 1 is 0.880 bits per heavy atom.